The lowest BCUT2D eigenvalue weighted by atomic mass is 9.36. The summed E-state index contributed by atoms with van der Waals surface area (Å²) in [6, 6.07) is 0. The first kappa shape index (κ1) is 13.6. The average molecular weight is 251 g/mol. The number of hydrogen-bond donors (Lipinski definition) is 1. The van der Waals surface area contributed by atoms with Gasteiger partial charge in [-0.3, -0.25) is 9.59 Å². The standard InChI is InChI=1S/C15H25NO2/c1-12(2,3)10(17)14-7-15(8-14,9-14)16-11(18)13(4,5)6/h7-9H2,1-6H3,(H,16,18). The predicted molar refractivity (Wildman–Crippen MR) is 71.1 cm³/mol. The van der Waals surface area contributed by atoms with Gasteiger partial charge in [0.05, 0.1) is 0 Å². The lowest BCUT2D eigenvalue weighted by molar-refractivity contribution is -0.189. The fourth-order valence-corrected chi connectivity index (χ4v) is 3.39. The number of ketones is 1. The molecule has 18 heavy (non-hydrogen) atoms. The van der Waals surface area contributed by atoms with Crippen LogP contribution in [0.25, 0.3) is 0 Å². The smallest absolute Gasteiger partial charge is 0.225 e. The van der Waals surface area contributed by atoms with Gasteiger partial charge >= 0.3 is 0 Å². The van der Waals surface area contributed by atoms with Gasteiger partial charge in [0.25, 0.3) is 0 Å². The van der Waals surface area contributed by atoms with Crippen molar-refractivity contribution < 1.29 is 9.59 Å². The van der Waals surface area contributed by atoms with Crippen LogP contribution in [-0.4, -0.2) is 17.2 Å². The van der Waals surface area contributed by atoms with Gasteiger partial charge in [-0.1, -0.05) is 41.5 Å². The number of nitrogens with one attached hydrogen (secondary N) is 1. The summed E-state index contributed by atoms with van der Waals surface area (Å²) in [6.45, 7) is 11.7. The van der Waals surface area contributed by atoms with E-state index in [1.807, 2.05) is 41.5 Å². The van der Waals surface area contributed by atoms with E-state index in [1.54, 1.807) is 0 Å². The highest BCUT2D eigenvalue weighted by molar-refractivity contribution is 5.94. The Kier molecular flexibility index (Phi) is 2.54. The second kappa shape index (κ2) is 3.37. The van der Waals surface area contributed by atoms with E-state index in [0.29, 0.717) is 5.78 Å². The minimum absolute atomic E-state index is 0.0642. The molecule has 3 heteroatoms. The molecule has 3 nitrogen and oxygen atoms in total. The zero-order valence-electron chi connectivity index (χ0n) is 12.4. The Morgan fingerprint density at radius 2 is 1.33 bits per heavy atom. The van der Waals surface area contributed by atoms with E-state index in [2.05, 4.69) is 5.32 Å². The number of hydrogen-bond acceptors (Lipinski definition) is 2. The monoisotopic (exact) mass is 251 g/mol. The molecule has 3 rings (SSSR count). The molecule has 3 fully saturated rings. The van der Waals surface area contributed by atoms with Crippen LogP contribution in [0.1, 0.15) is 60.8 Å². The molecule has 0 heterocycles. The minimum Gasteiger partial charge on any atom is -0.350 e. The lowest BCUT2D eigenvalue weighted by Gasteiger charge is -2.70. The summed E-state index contributed by atoms with van der Waals surface area (Å²) in [4.78, 5) is 24.3. The van der Waals surface area contributed by atoms with Gasteiger partial charge in [-0.15, -0.1) is 0 Å². The molecule has 2 bridgehead atoms. The molecule has 0 atom stereocenters. The molecular weight excluding hydrogens is 226 g/mol. The maximum atomic E-state index is 12.3. The summed E-state index contributed by atoms with van der Waals surface area (Å²) >= 11 is 0. The van der Waals surface area contributed by atoms with E-state index >= 15 is 0 Å². The number of carbonyl (C=O) groups is 2. The van der Waals surface area contributed by atoms with E-state index in [4.69, 9.17) is 0 Å². The average Bonchev–Trinajstić information content (AvgIpc) is 2.03. The molecule has 0 aromatic heterocycles. The number of Topliss-reactive ketones (excluding diaryl/α,β-unsaturated/α-hetero) is 1. The normalized spacial score (nSPS) is 34.3. The first-order valence-corrected chi connectivity index (χ1v) is 6.78. The summed E-state index contributed by atoms with van der Waals surface area (Å²) in [7, 11) is 0. The van der Waals surface area contributed by atoms with Crippen molar-refractivity contribution in [3.8, 4) is 0 Å². The number of rotatable bonds is 2. The summed E-state index contributed by atoms with van der Waals surface area (Å²) in [6.07, 6.45) is 2.54. The van der Waals surface area contributed by atoms with Crippen LogP contribution in [0.4, 0.5) is 0 Å². The minimum atomic E-state index is -0.351. The molecule has 3 aliphatic carbocycles. The first-order chi connectivity index (χ1) is 7.90. The molecule has 3 aliphatic rings. The van der Waals surface area contributed by atoms with Crippen molar-refractivity contribution >= 4 is 11.7 Å². The van der Waals surface area contributed by atoms with Gasteiger partial charge in [0, 0.05) is 21.8 Å². The van der Waals surface area contributed by atoms with Crippen molar-refractivity contribution in [3.05, 3.63) is 0 Å². The molecule has 0 aromatic carbocycles. The van der Waals surface area contributed by atoms with Crippen molar-refractivity contribution in [3.63, 3.8) is 0 Å². The van der Waals surface area contributed by atoms with E-state index in [9.17, 15) is 9.59 Å². The fraction of sp³-hybridized carbons (Fsp3) is 0.867. The van der Waals surface area contributed by atoms with Crippen molar-refractivity contribution in [2.24, 2.45) is 16.2 Å². The molecule has 0 spiro atoms. The van der Waals surface area contributed by atoms with E-state index in [-0.39, 0.29) is 27.7 Å². The summed E-state index contributed by atoms with van der Waals surface area (Å²) < 4.78 is 0. The maximum Gasteiger partial charge on any atom is 0.225 e. The Hall–Kier alpha value is -0.860. The number of amides is 1. The van der Waals surface area contributed by atoms with Crippen LogP contribution < -0.4 is 5.32 Å². The fourth-order valence-electron chi connectivity index (χ4n) is 3.39. The van der Waals surface area contributed by atoms with Crippen LogP contribution in [0.3, 0.4) is 0 Å². The third-order valence-electron chi connectivity index (χ3n) is 4.25. The van der Waals surface area contributed by atoms with Gasteiger partial charge in [-0.2, -0.15) is 0 Å². The molecule has 0 aromatic rings. The van der Waals surface area contributed by atoms with E-state index < -0.39 is 0 Å². The third-order valence-corrected chi connectivity index (χ3v) is 4.25. The van der Waals surface area contributed by atoms with Crippen molar-refractivity contribution in [1.29, 1.82) is 0 Å². The zero-order valence-corrected chi connectivity index (χ0v) is 12.4. The van der Waals surface area contributed by atoms with Crippen molar-refractivity contribution in [2.45, 2.75) is 66.3 Å². The van der Waals surface area contributed by atoms with Gasteiger partial charge in [-0.05, 0) is 19.3 Å². The van der Waals surface area contributed by atoms with Gasteiger partial charge in [0.15, 0.2) is 0 Å². The molecule has 1 amide bonds. The SMILES string of the molecule is CC(C)(C)C(=O)NC12CC(C(=O)C(C)(C)C)(C1)C2. The second-order valence-corrected chi connectivity index (χ2v) is 8.37. The Labute approximate surface area is 110 Å². The molecule has 0 saturated heterocycles. The lowest BCUT2D eigenvalue weighted by Crippen LogP contribution is -2.78. The Morgan fingerprint density at radius 1 is 0.889 bits per heavy atom. The topological polar surface area (TPSA) is 46.2 Å². The molecule has 0 unspecified atom stereocenters. The van der Waals surface area contributed by atoms with E-state index in [0.717, 1.165) is 19.3 Å². The first-order valence-electron chi connectivity index (χ1n) is 6.78. The Morgan fingerprint density at radius 3 is 1.67 bits per heavy atom. The van der Waals surface area contributed by atoms with Crippen LogP contribution in [0.5, 0.6) is 0 Å². The van der Waals surface area contributed by atoms with Crippen molar-refractivity contribution in [2.75, 3.05) is 0 Å². The van der Waals surface area contributed by atoms with Gasteiger partial charge < -0.3 is 5.32 Å². The highest BCUT2D eigenvalue weighted by atomic mass is 16.2. The molecule has 3 saturated carbocycles. The molecule has 102 valence electrons. The Balaban J connectivity index is 1.95. The van der Waals surface area contributed by atoms with Crippen molar-refractivity contribution in [1.82, 2.24) is 5.32 Å². The van der Waals surface area contributed by atoms with Crippen LogP contribution in [0.15, 0.2) is 0 Å². The summed E-state index contributed by atoms with van der Waals surface area (Å²) in [5.41, 5.74) is -0.800. The van der Waals surface area contributed by atoms with Crippen LogP contribution in [0.2, 0.25) is 0 Å². The third kappa shape index (κ3) is 1.88. The quantitative estimate of drug-likeness (QED) is 0.820. The second-order valence-electron chi connectivity index (χ2n) is 8.37. The summed E-state index contributed by atoms with van der Waals surface area (Å²) in [5, 5.41) is 3.14. The predicted octanol–water partition coefficient (Wildman–Crippen LogP) is 2.69. The molecule has 0 radical (unpaired) electrons. The molecular formula is C15H25NO2. The van der Waals surface area contributed by atoms with Gasteiger partial charge in [0.2, 0.25) is 5.91 Å². The van der Waals surface area contributed by atoms with Crippen LogP contribution in [0, 0.1) is 16.2 Å². The van der Waals surface area contributed by atoms with Gasteiger partial charge in [0.1, 0.15) is 5.78 Å². The molecule has 0 aliphatic heterocycles. The number of carbonyl (C=O) groups excluding carboxylic acids is 2. The summed E-state index contributed by atoms with van der Waals surface area (Å²) in [5.74, 6) is 0.459. The zero-order chi connectivity index (χ0) is 14.0. The van der Waals surface area contributed by atoms with E-state index in [1.165, 1.54) is 0 Å². The van der Waals surface area contributed by atoms with Crippen LogP contribution in [-0.2, 0) is 9.59 Å². The highest BCUT2D eigenvalue weighted by Crippen LogP contribution is 2.69. The Bertz CT molecular complexity index is 389. The largest absolute Gasteiger partial charge is 0.350 e. The molecule has 1 N–H and O–H groups in total. The van der Waals surface area contributed by atoms with Gasteiger partial charge in [-0.25, -0.2) is 0 Å². The maximum absolute atomic E-state index is 12.3. The van der Waals surface area contributed by atoms with Crippen LogP contribution >= 0.6 is 0 Å². The highest BCUT2D eigenvalue weighted by Gasteiger charge is 2.72.